The van der Waals surface area contributed by atoms with E-state index in [4.69, 9.17) is 15.9 Å². The van der Waals surface area contributed by atoms with E-state index in [0.29, 0.717) is 17.1 Å². The SMILES string of the molecule is C#CC(CCC)NC(=O)c1c(OC)cccc1OC. The molecular weight excluding hydrogens is 242 g/mol. The molecule has 1 aromatic rings. The first-order chi connectivity index (χ1) is 9.17. The molecular formula is C15H19NO3. The second kappa shape index (κ2) is 7.32. The number of terminal acetylenes is 1. The number of methoxy groups -OCH3 is 2. The Hall–Kier alpha value is -2.15. The smallest absolute Gasteiger partial charge is 0.259 e. The van der Waals surface area contributed by atoms with Crippen molar-refractivity contribution in [2.45, 2.75) is 25.8 Å². The van der Waals surface area contributed by atoms with E-state index in [9.17, 15) is 4.79 Å². The highest BCUT2D eigenvalue weighted by atomic mass is 16.5. The number of ether oxygens (including phenoxy) is 2. The molecule has 0 radical (unpaired) electrons. The number of carbonyl (C=O) groups is 1. The number of rotatable bonds is 6. The van der Waals surface area contributed by atoms with Crippen LogP contribution in [0.1, 0.15) is 30.1 Å². The Morgan fingerprint density at radius 2 is 1.95 bits per heavy atom. The van der Waals surface area contributed by atoms with Crippen molar-refractivity contribution in [1.29, 1.82) is 0 Å². The van der Waals surface area contributed by atoms with Crippen molar-refractivity contribution < 1.29 is 14.3 Å². The molecule has 0 saturated heterocycles. The summed E-state index contributed by atoms with van der Waals surface area (Å²) >= 11 is 0. The van der Waals surface area contributed by atoms with Crippen LogP contribution in [-0.4, -0.2) is 26.2 Å². The Bertz CT molecular complexity index is 455. The molecule has 0 aromatic heterocycles. The number of amides is 1. The van der Waals surface area contributed by atoms with Gasteiger partial charge in [-0.25, -0.2) is 0 Å². The molecule has 1 aromatic carbocycles. The van der Waals surface area contributed by atoms with Crippen LogP contribution in [0.25, 0.3) is 0 Å². The lowest BCUT2D eigenvalue weighted by Gasteiger charge is -2.16. The highest BCUT2D eigenvalue weighted by Crippen LogP contribution is 2.28. The summed E-state index contributed by atoms with van der Waals surface area (Å²) < 4.78 is 10.4. The third-order valence-electron chi connectivity index (χ3n) is 2.74. The maximum atomic E-state index is 12.3. The van der Waals surface area contributed by atoms with Gasteiger partial charge in [0, 0.05) is 0 Å². The van der Waals surface area contributed by atoms with Gasteiger partial charge in [0.2, 0.25) is 0 Å². The molecule has 0 aliphatic carbocycles. The van der Waals surface area contributed by atoms with Gasteiger partial charge in [-0.15, -0.1) is 6.42 Å². The summed E-state index contributed by atoms with van der Waals surface area (Å²) in [6.45, 7) is 2.01. The summed E-state index contributed by atoms with van der Waals surface area (Å²) in [5.41, 5.74) is 0.365. The van der Waals surface area contributed by atoms with Crippen molar-refractivity contribution in [3.05, 3.63) is 23.8 Å². The van der Waals surface area contributed by atoms with Crippen LogP contribution in [0, 0.1) is 12.3 Å². The average molecular weight is 261 g/mol. The standard InChI is InChI=1S/C15H19NO3/c1-5-8-11(6-2)16-15(17)14-12(18-3)9-7-10-13(14)19-4/h2,7,9-11H,5,8H2,1,3-4H3,(H,16,17). The van der Waals surface area contributed by atoms with Crippen LogP contribution >= 0.6 is 0 Å². The summed E-state index contributed by atoms with van der Waals surface area (Å²) in [6.07, 6.45) is 7.04. The van der Waals surface area contributed by atoms with Crippen molar-refractivity contribution in [1.82, 2.24) is 5.32 Å². The lowest BCUT2D eigenvalue weighted by molar-refractivity contribution is 0.0938. The van der Waals surface area contributed by atoms with Crippen LogP contribution in [0.5, 0.6) is 11.5 Å². The van der Waals surface area contributed by atoms with Crippen LogP contribution in [0.4, 0.5) is 0 Å². The Labute approximate surface area is 114 Å². The zero-order chi connectivity index (χ0) is 14.3. The molecule has 0 saturated carbocycles. The number of hydrogen-bond donors (Lipinski definition) is 1. The Morgan fingerprint density at radius 3 is 2.37 bits per heavy atom. The average Bonchev–Trinajstić information content (AvgIpc) is 2.45. The van der Waals surface area contributed by atoms with E-state index in [1.165, 1.54) is 14.2 Å². The Balaban J connectivity index is 3.01. The minimum Gasteiger partial charge on any atom is -0.496 e. The molecule has 0 aliphatic rings. The predicted molar refractivity (Wildman–Crippen MR) is 74.5 cm³/mol. The molecule has 1 unspecified atom stereocenters. The quantitative estimate of drug-likeness (QED) is 0.799. The van der Waals surface area contributed by atoms with Gasteiger partial charge in [0.15, 0.2) is 0 Å². The van der Waals surface area contributed by atoms with Crippen LogP contribution < -0.4 is 14.8 Å². The summed E-state index contributed by atoms with van der Waals surface area (Å²) in [5.74, 6) is 3.20. The van der Waals surface area contributed by atoms with E-state index >= 15 is 0 Å². The lowest BCUT2D eigenvalue weighted by atomic mass is 10.1. The van der Waals surface area contributed by atoms with Gasteiger partial charge in [0.25, 0.3) is 5.91 Å². The second-order valence-electron chi connectivity index (χ2n) is 4.02. The monoisotopic (exact) mass is 261 g/mol. The molecule has 102 valence electrons. The molecule has 4 nitrogen and oxygen atoms in total. The van der Waals surface area contributed by atoms with Crippen LogP contribution in [-0.2, 0) is 0 Å². The highest BCUT2D eigenvalue weighted by molar-refractivity contribution is 6.00. The maximum absolute atomic E-state index is 12.3. The first-order valence-corrected chi connectivity index (χ1v) is 6.15. The third-order valence-corrected chi connectivity index (χ3v) is 2.74. The summed E-state index contributed by atoms with van der Waals surface area (Å²) in [5, 5.41) is 2.80. The third kappa shape index (κ3) is 3.65. The second-order valence-corrected chi connectivity index (χ2v) is 4.02. The van der Waals surface area contributed by atoms with Crippen LogP contribution in [0.15, 0.2) is 18.2 Å². The van der Waals surface area contributed by atoms with E-state index in [2.05, 4.69) is 11.2 Å². The van der Waals surface area contributed by atoms with Crippen molar-refractivity contribution in [3.63, 3.8) is 0 Å². The molecule has 19 heavy (non-hydrogen) atoms. The normalized spacial score (nSPS) is 11.3. The first kappa shape index (κ1) is 14.9. The van der Waals surface area contributed by atoms with Gasteiger partial charge >= 0.3 is 0 Å². The molecule has 0 spiro atoms. The van der Waals surface area contributed by atoms with Gasteiger partial charge in [-0.1, -0.05) is 25.3 Å². The van der Waals surface area contributed by atoms with Crippen molar-refractivity contribution >= 4 is 5.91 Å². The van der Waals surface area contributed by atoms with Crippen LogP contribution in [0.2, 0.25) is 0 Å². The minimum atomic E-state index is -0.286. The fraction of sp³-hybridized carbons (Fsp3) is 0.400. The predicted octanol–water partition coefficient (Wildman–Crippen LogP) is 2.24. The van der Waals surface area contributed by atoms with Gasteiger partial charge in [0.05, 0.1) is 20.3 Å². The largest absolute Gasteiger partial charge is 0.496 e. The van der Waals surface area contributed by atoms with E-state index in [0.717, 1.165) is 12.8 Å². The van der Waals surface area contributed by atoms with Gasteiger partial charge in [-0.2, -0.15) is 0 Å². The number of benzene rings is 1. The van der Waals surface area contributed by atoms with Gasteiger partial charge < -0.3 is 14.8 Å². The molecule has 1 atom stereocenters. The van der Waals surface area contributed by atoms with E-state index < -0.39 is 0 Å². The summed E-state index contributed by atoms with van der Waals surface area (Å²) in [6, 6.07) is 4.90. The first-order valence-electron chi connectivity index (χ1n) is 6.15. The summed E-state index contributed by atoms with van der Waals surface area (Å²) in [7, 11) is 3.02. The van der Waals surface area contributed by atoms with Crippen LogP contribution in [0.3, 0.4) is 0 Å². The fourth-order valence-corrected chi connectivity index (χ4v) is 1.79. The zero-order valence-corrected chi connectivity index (χ0v) is 11.5. The highest BCUT2D eigenvalue weighted by Gasteiger charge is 2.19. The van der Waals surface area contributed by atoms with Gasteiger partial charge in [-0.3, -0.25) is 4.79 Å². The molecule has 1 N–H and O–H groups in total. The molecule has 0 fully saturated rings. The van der Waals surface area contributed by atoms with Crippen molar-refractivity contribution in [3.8, 4) is 23.8 Å². The topological polar surface area (TPSA) is 47.6 Å². The molecule has 0 aliphatic heterocycles. The number of nitrogens with one attached hydrogen (secondary N) is 1. The van der Waals surface area contributed by atoms with E-state index in [-0.39, 0.29) is 11.9 Å². The van der Waals surface area contributed by atoms with E-state index in [1.807, 2.05) is 6.92 Å². The summed E-state index contributed by atoms with van der Waals surface area (Å²) in [4.78, 5) is 12.3. The van der Waals surface area contributed by atoms with E-state index in [1.54, 1.807) is 18.2 Å². The van der Waals surface area contributed by atoms with Crippen molar-refractivity contribution in [2.75, 3.05) is 14.2 Å². The van der Waals surface area contributed by atoms with Crippen molar-refractivity contribution in [2.24, 2.45) is 0 Å². The molecule has 0 heterocycles. The minimum absolute atomic E-state index is 0.285. The van der Waals surface area contributed by atoms with Gasteiger partial charge in [-0.05, 0) is 18.6 Å². The Morgan fingerprint density at radius 1 is 1.37 bits per heavy atom. The molecule has 0 bridgehead atoms. The number of hydrogen-bond acceptors (Lipinski definition) is 3. The zero-order valence-electron chi connectivity index (χ0n) is 11.5. The maximum Gasteiger partial charge on any atom is 0.259 e. The number of carbonyl (C=O) groups excluding carboxylic acids is 1. The molecule has 1 rings (SSSR count). The molecule has 4 heteroatoms. The van der Waals surface area contributed by atoms with Gasteiger partial charge in [0.1, 0.15) is 17.1 Å². The molecule has 1 amide bonds. The fourth-order valence-electron chi connectivity index (χ4n) is 1.79. The lowest BCUT2D eigenvalue weighted by Crippen LogP contribution is -2.34. The Kier molecular flexibility index (Phi) is 5.74.